The highest BCUT2D eigenvalue weighted by atomic mass is 32.2. The quantitative estimate of drug-likeness (QED) is 0.805. The van der Waals surface area contributed by atoms with Gasteiger partial charge in [-0.05, 0) is 71.1 Å². The highest BCUT2D eigenvalue weighted by Crippen LogP contribution is 2.68. The summed E-state index contributed by atoms with van der Waals surface area (Å²) in [4.78, 5) is 4.82. The lowest BCUT2D eigenvalue weighted by Gasteiger charge is -2.51. The number of sulfonamides is 1. The highest BCUT2D eigenvalue weighted by molar-refractivity contribution is 7.91. The van der Waals surface area contributed by atoms with Gasteiger partial charge >= 0.3 is 0 Å². The number of rotatable bonds is 1. The molecule has 0 radical (unpaired) electrons. The summed E-state index contributed by atoms with van der Waals surface area (Å²) in [6, 6.07) is 0.219. The predicted molar refractivity (Wildman–Crippen MR) is 80.4 cm³/mol. The van der Waals surface area contributed by atoms with Crippen molar-refractivity contribution in [2.45, 2.75) is 69.3 Å². The number of nitrogens with one attached hydrogen (secondary N) is 1. The van der Waals surface area contributed by atoms with E-state index in [1.54, 1.807) is 13.8 Å². The molecule has 0 amide bonds. The van der Waals surface area contributed by atoms with Gasteiger partial charge in [0.25, 0.3) is 6.02 Å². The molecule has 1 aliphatic heterocycles. The van der Waals surface area contributed by atoms with Crippen LogP contribution in [0.3, 0.4) is 0 Å². The molecule has 0 aromatic rings. The smallest absolute Gasteiger partial charge is 0.299 e. The summed E-state index contributed by atoms with van der Waals surface area (Å²) in [7, 11) is -3.49. The van der Waals surface area contributed by atoms with E-state index in [-0.39, 0.29) is 11.6 Å². The van der Waals surface area contributed by atoms with Crippen molar-refractivity contribution in [3.63, 3.8) is 0 Å². The highest BCUT2D eigenvalue weighted by Gasteiger charge is 2.66. The second-order valence-electron chi connectivity index (χ2n) is 8.31. The Kier molecular flexibility index (Phi) is 2.36. The number of aliphatic imine (C=N–C) groups is 1. The van der Waals surface area contributed by atoms with Crippen LogP contribution in [0.1, 0.15) is 53.4 Å². The van der Waals surface area contributed by atoms with Crippen molar-refractivity contribution in [1.29, 1.82) is 0 Å². The Morgan fingerprint density at radius 3 is 2.24 bits per heavy atom. The van der Waals surface area contributed by atoms with Crippen molar-refractivity contribution < 1.29 is 13.2 Å². The van der Waals surface area contributed by atoms with Crippen molar-refractivity contribution in [2.24, 2.45) is 22.7 Å². The van der Waals surface area contributed by atoms with Crippen molar-refractivity contribution in [2.75, 3.05) is 0 Å². The Labute approximate surface area is 126 Å². The van der Waals surface area contributed by atoms with Crippen LogP contribution in [-0.2, 0) is 14.8 Å². The van der Waals surface area contributed by atoms with Crippen LogP contribution in [0.5, 0.6) is 0 Å². The molecule has 4 fully saturated rings. The molecule has 6 heteroatoms. The molecule has 0 aromatic heterocycles. The standard InChI is InChI=1S/C15H24N2O3S/c1-13(2)14(3,4)21(18,19)17-12(20-13)16-15-8-9-5-10(15)7-11(15)6-9/h9-11H,5-8H2,1-4H3,(H,16,17)/t9?,10-,11-,15?/m1/s1. The first-order chi connectivity index (χ1) is 9.57. The second kappa shape index (κ2) is 3.58. The van der Waals surface area contributed by atoms with Crippen LogP contribution in [0.4, 0.5) is 0 Å². The summed E-state index contributed by atoms with van der Waals surface area (Å²) < 4.78 is 32.6. The molecule has 4 rings (SSSR count). The summed E-state index contributed by atoms with van der Waals surface area (Å²) in [5.74, 6) is 2.07. The topological polar surface area (TPSA) is 67.8 Å². The average molecular weight is 312 g/mol. The Morgan fingerprint density at radius 2 is 1.76 bits per heavy atom. The maximum atomic E-state index is 12.5. The molecule has 2 bridgehead atoms. The van der Waals surface area contributed by atoms with E-state index >= 15 is 0 Å². The van der Waals surface area contributed by atoms with Gasteiger partial charge in [0.1, 0.15) is 10.3 Å². The Balaban J connectivity index is 1.71. The van der Waals surface area contributed by atoms with Gasteiger partial charge in [0.15, 0.2) is 0 Å². The number of hydrogen-bond acceptors (Lipinski definition) is 4. The van der Waals surface area contributed by atoms with Gasteiger partial charge in [-0.3, -0.25) is 0 Å². The van der Waals surface area contributed by atoms with Crippen molar-refractivity contribution in [3.05, 3.63) is 0 Å². The SMILES string of the molecule is CC1(C)OC(=NC23CC4C[C@@H]2C[C@H]3C4)NS(=O)(=O)C1(C)C. The zero-order chi connectivity index (χ0) is 15.3. The van der Waals surface area contributed by atoms with E-state index in [1.807, 2.05) is 13.8 Å². The normalized spacial score (nSPS) is 49.3. The van der Waals surface area contributed by atoms with E-state index in [1.165, 1.54) is 19.3 Å². The fraction of sp³-hybridized carbons (Fsp3) is 0.933. The van der Waals surface area contributed by atoms with Gasteiger partial charge in [-0.2, -0.15) is 0 Å². The number of fused-ring (bicyclic) bond motifs is 1. The van der Waals surface area contributed by atoms with Crippen LogP contribution >= 0.6 is 0 Å². The van der Waals surface area contributed by atoms with E-state index in [0.29, 0.717) is 11.8 Å². The molecule has 1 heterocycles. The maximum absolute atomic E-state index is 12.5. The predicted octanol–water partition coefficient (Wildman–Crippen LogP) is 2.04. The van der Waals surface area contributed by atoms with E-state index in [9.17, 15) is 8.42 Å². The third kappa shape index (κ3) is 1.52. The molecule has 0 aromatic carbocycles. The van der Waals surface area contributed by atoms with Gasteiger partial charge in [-0.25, -0.2) is 18.1 Å². The van der Waals surface area contributed by atoms with Gasteiger partial charge < -0.3 is 4.74 Å². The average Bonchev–Trinajstić information content (AvgIpc) is 2.74. The van der Waals surface area contributed by atoms with E-state index in [4.69, 9.17) is 9.73 Å². The Hall–Kier alpha value is -0.780. The molecule has 3 aliphatic carbocycles. The van der Waals surface area contributed by atoms with E-state index in [0.717, 1.165) is 12.3 Å². The summed E-state index contributed by atoms with van der Waals surface area (Å²) in [5, 5.41) is 0. The van der Waals surface area contributed by atoms with Crippen LogP contribution in [0, 0.1) is 17.8 Å². The van der Waals surface area contributed by atoms with Gasteiger partial charge in [-0.1, -0.05) is 0 Å². The van der Waals surface area contributed by atoms with Crippen LogP contribution < -0.4 is 4.72 Å². The minimum atomic E-state index is -3.49. The lowest BCUT2D eigenvalue weighted by Crippen LogP contribution is -2.65. The summed E-state index contributed by atoms with van der Waals surface area (Å²) in [5.41, 5.74) is -0.826. The molecular weight excluding hydrogens is 288 g/mol. The van der Waals surface area contributed by atoms with Gasteiger partial charge in [0.2, 0.25) is 10.0 Å². The molecular formula is C15H24N2O3S. The number of ether oxygens (including phenoxy) is 1. The molecule has 2 atom stereocenters. The first-order valence-corrected chi connectivity index (χ1v) is 9.37. The fourth-order valence-corrected chi connectivity index (χ4v) is 6.06. The van der Waals surface area contributed by atoms with Crippen LogP contribution in [0.25, 0.3) is 0 Å². The van der Waals surface area contributed by atoms with Crippen molar-refractivity contribution in [1.82, 2.24) is 4.72 Å². The molecule has 4 aliphatic rings. The first kappa shape index (κ1) is 13.9. The first-order valence-electron chi connectivity index (χ1n) is 7.89. The molecule has 1 saturated heterocycles. The molecule has 0 spiro atoms. The Bertz CT molecular complexity index is 623. The van der Waals surface area contributed by atoms with Gasteiger partial charge in [0, 0.05) is 0 Å². The third-order valence-electron chi connectivity index (χ3n) is 6.84. The van der Waals surface area contributed by atoms with Crippen LogP contribution in [-0.4, -0.2) is 30.3 Å². The summed E-state index contributed by atoms with van der Waals surface area (Å²) in [6.45, 7) is 7.04. The minimum Gasteiger partial charge on any atom is -0.457 e. The molecule has 118 valence electrons. The molecule has 0 unspecified atom stereocenters. The summed E-state index contributed by atoms with van der Waals surface area (Å²) in [6.07, 6.45) is 4.89. The zero-order valence-electron chi connectivity index (χ0n) is 13.1. The lowest BCUT2D eigenvalue weighted by atomic mass is 9.59. The molecule has 21 heavy (non-hydrogen) atoms. The van der Waals surface area contributed by atoms with Crippen LogP contribution in [0.2, 0.25) is 0 Å². The van der Waals surface area contributed by atoms with Gasteiger partial charge in [0.05, 0.1) is 5.54 Å². The Morgan fingerprint density at radius 1 is 1.14 bits per heavy atom. The largest absolute Gasteiger partial charge is 0.457 e. The monoisotopic (exact) mass is 312 g/mol. The molecule has 3 saturated carbocycles. The van der Waals surface area contributed by atoms with Crippen LogP contribution in [0.15, 0.2) is 4.99 Å². The van der Waals surface area contributed by atoms with E-state index in [2.05, 4.69) is 4.72 Å². The lowest BCUT2D eigenvalue weighted by molar-refractivity contribution is 0.0277. The maximum Gasteiger partial charge on any atom is 0.299 e. The number of hydrogen-bond donors (Lipinski definition) is 1. The number of amidine groups is 1. The molecule has 1 N–H and O–H groups in total. The van der Waals surface area contributed by atoms with Crippen molar-refractivity contribution in [3.8, 4) is 0 Å². The summed E-state index contributed by atoms with van der Waals surface area (Å²) >= 11 is 0. The fourth-order valence-electron chi connectivity index (χ4n) is 4.80. The van der Waals surface area contributed by atoms with E-state index < -0.39 is 20.4 Å². The minimum absolute atomic E-state index is 0.0277. The second-order valence-corrected chi connectivity index (χ2v) is 10.5. The number of nitrogens with zero attached hydrogens (tertiary/aromatic N) is 1. The van der Waals surface area contributed by atoms with Gasteiger partial charge in [-0.15, -0.1) is 0 Å². The third-order valence-corrected chi connectivity index (χ3v) is 9.12. The zero-order valence-corrected chi connectivity index (χ0v) is 14.0. The molecule has 5 nitrogen and oxygen atoms in total. The van der Waals surface area contributed by atoms with Crippen molar-refractivity contribution >= 4 is 16.0 Å².